The van der Waals surface area contributed by atoms with Crippen LogP contribution in [0.3, 0.4) is 0 Å². The van der Waals surface area contributed by atoms with Crippen LogP contribution >= 0.6 is 0 Å². The predicted molar refractivity (Wildman–Crippen MR) is 250 cm³/mol. The van der Waals surface area contributed by atoms with E-state index in [0.717, 1.165) is 50.8 Å². The molecule has 1 atom stereocenters. The summed E-state index contributed by atoms with van der Waals surface area (Å²) >= 11 is 0. The van der Waals surface area contributed by atoms with Crippen molar-refractivity contribution in [3.63, 3.8) is 0 Å². The van der Waals surface area contributed by atoms with Gasteiger partial charge in [0.25, 0.3) is 0 Å². The second-order valence-electron chi connectivity index (χ2n) is 16.6. The van der Waals surface area contributed by atoms with E-state index in [0.29, 0.717) is 11.9 Å². The molecule has 280 valence electrons. The molecule has 8 aromatic carbocycles. The minimum absolute atomic E-state index is 0.447. The van der Waals surface area contributed by atoms with E-state index >= 15 is 0 Å². The average Bonchev–Trinajstić information content (AvgIpc) is 4.02. The molecule has 0 bridgehead atoms. The quantitative estimate of drug-likeness (QED) is 0.180. The van der Waals surface area contributed by atoms with Gasteiger partial charge in [-0.15, -0.1) is 0 Å². The van der Waals surface area contributed by atoms with Crippen molar-refractivity contribution in [2.75, 3.05) is 0 Å². The van der Waals surface area contributed by atoms with Crippen molar-refractivity contribution in [1.29, 1.82) is 0 Å². The highest BCUT2D eigenvalue weighted by atomic mass is 15.2. The van der Waals surface area contributed by atoms with E-state index < -0.39 is 0 Å². The Bertz CT molecular complexity index is 4110. The van der Waals surface area contributed by atoms with Crippen molar-refractivity contribution in [3.05, 3.63) is 174 Å². The van der Waals surface area contributed by atoms with Crippen molar-refractivity contribution in [1.82, 2.24) is 23.5 Å². The standard InChI is InChI=1S/C55H35N5/c1-32-26-27-39-48(28-32)59-45-23-11-8-18-36(45)42-31-43-41-29-33-14-5-6-15-34(33)30-49(41)60(54(43)51(39)53(42)59)55-56-44-22-10-7-19-37(44)52(57-55)40-21-13-25-47-50(40)38-20-9-12-24-46(38)58(47)35-16-3-2-4-17-35/h2-25,27-32H,26H2,1H3. The lowest BCUT2D eigenvalue weighted by Gasteiger charge is -2.14. The number of fused-ring (bicyclic) bond motifs is 15. The topological polar surface area (TPSA) is 40.0 Å². The largest absolute Gasteiger partial charge is 0.309 e. The van der Waals surface area contributed by atoms with Crippen LogP contribution in [0.25, 0.3) is 128 Å². The first-order chi connectivity index (χ1) is 29.7. The summed E-state index contributed by atoms with van der Waals surface area (Å²) in [5, 5.41) is 14.6. The predicted octanol–water partition coefficient (Wildman–Crippen LogP) is 12.2. The average molecular weight is 766 g/mol. The monoisotopic (exact) mass is 765 g/mol. The highest BCUT2D eigenvalue weighted by Gasteiger charge is 2.27. The van der Waals surface area contributed by atoms with Gasteiger partial charge in [-0.25, -0.2) is 9.97 Å². The van der Waals surface area contributed by atoms with E-state index in [-0.39, 0.29) is 0 Å². The smallest absolute Gasteiger partial charge is 0.235 e. The molecule has 1 unspecified atom stereocenters. The van der Waals surface area contributed by atoms with Crippen LogP contribution in [-0.2, 0) is 0 Å². The maximum atomic E-state index is 5.77. The molecule has 0 saturated heterocycles. The molecule has 0 saturated carbocycles. The van der Waals surface area contributed by atoms with Gasteiger partial charge in [-0.2, -0.15) is 0 Å². The van der Waals surface area contributed by atoms with E-state index in [4.69, 9.17) is 9.97 Å². The van der Waals surface area contributed by atoms with Gasteiger partial charge in [-0.1, -0.05) is 128 Å². The Morgan fingerprint density at radius 1 is 0.500 bits per heavy atom. The summed E-state index contributed by atoms with van der Waals surface area (Å²) in [5.74, 6) is 1.12. The van der Waals surface area contributed by atoms with Crippen LogP contribution in [0.15, 0.2) is 164 Å². The highest BCUT2D eigenvalue weighted by molar-refractivity contribution is 6.28. The van der Waals surface area contributed by atoms with Gasteiger partial charge in [0.05, 0.1) is 49.7 Å². The lowest BCUT2D eigenvalue weighted by molar-refractivity contribution is 0.796. The number of hydrogen-bond acceptors (Lipinski definition) is 2. The highest BCUT2D eigenvalue weighted by Crippen LogP contribution is 2.44. The molecule has 5 heteroatoms. The Morgan fingerprint density at radius 2 is 1.20 bits per heavy atom. The summed E-state index contributed by atoms with van der Waals surface area (Å²) in [5.41, 5.74) is 11.1. The molecule has 5 aromatic heterocycles. The van der Waals surface area contributed by atoms with Crippen LogP contribution in [0, 0.1) is 5.92 Å². The molecule has 13 aromatic rings. The third kappa shape index (κ3) is 4.15. The molecule has 0 amide bonds. The first kappa shape index (κ1) is 32.2. The maximum absolute atomic E-state index is 5.77. The lowest BCUT2D eigenvalue weighted by atomic mass is 9.99. The molecule has 1 aliphatic carbocycles. The molecule has 60 heavy (non-hydrogen) atoms. The van der Waals surface area contributed by atoms with Gasteiger partial charge >= 0.3 is 0 Å². The van der Waals surface area contributed by atoms with Gasteiger partial charge in [0.1, 0.15) is 0 Å². The summed E-state index contributed by atoms with van der Waals surface area (Å²) in [6.07, 6.45) is 5.96. The fourth-order valence-corrected chi connectivity index (χ4v) is 10.7. The molecular weight excluding hydrogens is 731 g/mol. The van der Waals surface area contributed by atoms with E-state index in [1.807, 2.05) is 0 Å². The van der Waals surface area contributed by atoms with E-state index in [1.165, 1.54) is 75.6 Å². The van der Waals surface area contributed by atoms with Crippen LogP contribution in [0.4, 0.5) is 0 Å². The summed E-state index contributed by atoms with van der Waals surface area (Å²) in [4.78, 5) is 11.3. The summed E-state index contributed by atoms with van der Waals surface area (Å²) < 4.78 is 7.29. The van der Waals surface area contributed by atoms with Gasteiger partial charge < -0.3 is 8.97 Å². The number of para-hydroxylation sites is 4. The van der Waals surface area contributed by atoms with Gasteiger partial charge in [-0.05, 0) is 77.7 Å². The van der Waals surface area contributed by atoms with Gasteiger partial charge in [-0.3, -0.25) is 4.57 Å². The minimum Gasteiger partial charge on any atom is -0.309 e. The Labute approximate surface area is 343 Å². The van der Waals surface area contributed by atoms with Crippen molar-refractivity contribution in [3.8, 4) is 22.9 Å². The summed E-state index contributed by atoms with van der Waals surface area (Å²) in [7, 11) is 0. The normalized spacial score (nSPS) is 14.4. The summed E-state index contributed by atoms with van der Waals surface area (Å²) in [6, 6.07) is 59.4. The molecule has 1 aliphatic rings. The van der Waals surface area contributed by atoms with Crippen molar-refractivity contribution in [2.45, 2.75) is 13.3 Å². The molecule has 0 fully saturated rings. The zero-order chi connectivity index (χ0) is 39.2. The SMILES string of the molecule is CC1C=c2c(c3c4c(cc5c6ccccc6n2c53)c2cc3ccccc3cc2n4-c2nc(-c3cccc4c3c3ccccc3n4-c3ccccc3)c3ccccc3n2)=CC1. The van der Waals surface area contributed by atoms with Gasteiger partial charge in [0.2, 0.25) is 5.95 Å². The lowest BCUT2D eigenvalue weighted by Crippen LogP contribution is -2.29. The zero-order valence-corrected chi connectivity index (χ0v) is 32.8. The van der Waals surface area contributed by atoms with Crippen molar-refractivity contribution in [2.24, 2.45) is 5.92 Å². The zero-order valence-electron chi connectivity index (χ0n) is 32.8. The van der Waals surface area contributed by atoms with Crippen LogP contribution in [0.1, 0.15) is 13.3 Å². The third-order valence-corrected chi connectivity index (χ3v) is 13.2. The first-order valence-electron chi connectivity index (χ1n) is 20.9. The molecule has 0 N–H and O–H groups in total. The van der Waals surface area contributed by atoms with E-state index in [1.54, 1.807) is 0 Å². The molecule has 5 heterocycles. The second kappa shape index (κ2) is 11.7. The van der Waals surface area contributed by atoms with Crippen LogP contribution < -0.4 is 10.6 Å². The number of hydrogen-bond donors (Lipinski definition) is 0. The fraction of sp³-hybridized carbons (Fsp3) is 0.0545. The molecule has 0 aliphatic heterocycles. The Morgan fingerprint density at radius 3 is 2.07 bits per heavy atom. The Hall–Kier alpha value is -7.76. The maximum Gasteiger partial charge on any atom is 0.235 e. The van der Waals surface area contributed by atoms with Gasteiger partial charge in [0, 0.05) is 59.6 Å². The molecule has 14 rings (SSSR count). The molecule has 5 nitrogen and oxygen atoms in total. The second-order valence-corrected chi connectivity index (χ2v) is 16.6. The Balaban J connectivity index is 1.18. The number of rotatable bonds is 3. The summed E-state index contributed by atoms with van der Waals surface area (Å²) in [6.45, 7) is 2.33. The molecule has 0 radical (unpaired) electrons. The minimum atomic E-state index is 0.447. The first-order valence-corrected chi connectivity index (χ1v) is 20.9. The fourth-order valence-electron chi connectivity index (χ4n) is 10.7. The number of aromatic nitrogens is 5. The number of benzene rings is 8. The number of nitrogens with zero attached hydrogens (tertiary/aromatic N) is 5. The van der Waals surface area contributed by atoms with Crippen LogP contribution in [0.2, 0.25) is 0 Å². The third-order valence-electron chi connectivity index (χ3n) is 13.2. The molecular formula is C55H35N5. The van der Waals surface area contributed by atoms with Crippen molar-refractivity contribution >= 4 is 105 Å². The molecule has 0 spiro atoms. The van der Waals surface area contributed by atoms with Gasteiger partial charge in [0.15, 0.2) is 0 Å². The van der Waals surface area contributed by atoms with Crippen molar-refractivity contribution < 1.29 is 0 Å². The van der Waals surface area contributed by atoms with Crippen LogP contribution in [-0.4, -0.2) is 23.5 Å². The van der Waals surface area contributed by atoms with E-state index in [2.05, 4.69) is 196 Å². The van der Waals surface area contributed by atoms with Crippen LogP contribution in [0.5, 0.6) is 0 Å². The Kier molecular flexibility index (Phi) is 6.27. The van der Waals surface area contributed by atoms with E-state index in [9.17, 15) is 0 Å².